The van der Waals surface area contributed by atoms with Crippen molar-refractivity contribution in [2.24, 2.45) is 0 Å². The van der Waals surface area contributed by atoms with Gasteiger partial charge in [-0.15, -0.1) is 0 Å². The minimum Gasteiger partial charge on any atom is -0.481 e. The topological polar surface area (TPSA) is 94.8 Å². The molecular formula is C6H14O5. The van der Waals surface area contributed by atoms with Crippen molar-refractivity contribution < 1.29 is 24.9 Å². The molecule has 0 heterocycles. The molecule has 0 spiro atoms. The lowest BCUT2D eigenvalue weighted by atomic mass is 10.5. The van der Waals surface area contributed by atoms with Crippen LogP contribution in [0, 0.1) is 0 Å². The van der Waals surface area contributed by atoms with Gasteiger partial charge in [0.05, 0.1) is 0 Å². The molecule has 0 bridgehead atoms. The van der Waals surface area contributed by atoms with E-state index in [0.717, 1.165) is 14.0 Å². The van der Waals surface area contributed by atoms with Crippen molar-refractivity contribution >= 4 is 11.9 Å². The second-order valence-electron chi connectivity index (χ2n) is 1.27. The molecule has 0 aromatic rings. The maximum atomic E-state index is 9.37. The Morgan fingerprint density at radius 2 is 1.27 bits per heavy atom. The summed E-state index contributed by atoms with van der Waals surface area (Å²) >= 11 is 0. The second kappa shape index (κ2) is 16.0. The van der Waals surface area contributed by atoms with Crippen molar-refractivity contribution in [1.29, 1.82) is 0 Å². The number of aliphatic hydroxyl groups excluding tert-OH is 1. The van der Waals surface area contributed by atoms with Crippen LogP contribution in [0.4, 0.5) is 0 Å². The van der Waals surface area contributed by atoms with Gasteiger partial charge < -0.3 is 15.3 Å². The van der Waals surface area contributed by atoms with Crippen LogP contribution < -0.4 is 0 Å². The zero-order valence-electron chi connectivity index (χ0n) is 6.87. The predicted molar refractivity (Wildman–Crippen MR) is 39.4 cm³/mol. The Morgan fingerprint density at radius 3 is 1.27 bits per heavy atom. The van der Waals surface area contributed by atoms with Crippen LogP contribution in [-0.2, 0) is 9.59 Å². The van der Waals surface area contributed by atoms with Crippen LogP contribution in [-0.4, -0.2) is 34.4 Å². The molecule has 0 atom stereocenters. The lowest BCUT2D eigenvalue weighted by Gasteiger charge is -1.71. The number of hydrogen-bond donors (Lipinski definition) is 3. The zero-order valence-corrected chi connectivity index (χ0v) is 6.87. The van der Waals surface area contributed by atoms with Gasteiger partial charge in [0.15, 0.2) is 0 Å². The largest absolute Gasteiger partial charge is 0.481 e. The summed E-state index contributed by atoms with van der Waals surface area (Å²) in [6, 6.07) is 0. The average Bonchev–Trinajstić information content (AvgIpc) is 1.91. The van der Waals surface area contributed by atoms with Crippen LogP contribution in [0.5, 0.6) is 0 Å². The SMILES string of the molecule is CC(=O)O.CCC(=O)O.CO. The zero-order chi connectivity index (χ0) is 9.86. The van der Waals surface area contributed by atoms with E-state index in [9.17, 15) is 4.79 Å². The molecule has 0 aromatic heterocycles. The molecule has 0 rings (SSSR count). The van der Waals surface area contributed by atoms with Crippen molar-refractivity contribution in [2.45, 2.75) is 20.3 Å². The lowest BCUT2D eigenvalue weighted by Crippen LogP contribution is -1.86. The Kier molecular flexibility index (Phi) is 23.9. The maximum absolute atomic E-state index is 9.37. The molecule has 68 valence electrons. The van der Waals surface area contributed by atoms with Gasteiger partial charge in [0.2, 0.25) is 0 Å². The number of carboxylic acids is 2. The van der Waals surface area contributed by atoms with E-state index in [1.807, 2.05) is 0 Å². The van der Waals surface area contributed by atoms with E-state index in [4.69, 9.17) is 20.1 Å². The first-order valence-electron chi connectivity index (χ1n) is 2.86. The van der Waals surface area contributed by atoms with Crippen LogP contribution in [0.3, 0.4) is 0 Å². The molecule has 0 aliphatic carbocycles. The summed E-state index contributed by atoms with van der Waals surface area (Å²) in [6.45, 7) is 2.68. The van der Waals surface area contributed by atoms with Crippen LogP contribution in [0.15, 0.2) is 0 Å². The minimum absolute atomic E-state index is 0.222. The summed E-state index contributed by atoms with van der Waals surface area (Å²) < 4.78 is 0. The second-order valence-corrected chi connectivity index (χ2v) is 1.27. The fourth-order valence-corrected chi connectivity index (χ4v) is 0. The molecule has 0 radical (unpaired) electrons. The van der Waals surface area contributed by atoms with E-state index in [0.29, 0.717) is 0 Å². The Labute approximate surface area is 65.3 Å². The molecule has 0 saturated carbocycles. The van der Waals surface area contributed by atoms with Gasteiger partial charge in [0.25, 0.3) is 5.97 Å². The molecule has 0 aromatic carbocycles. The molecule has 5 heteroatoms. The van der Waals surface area contributed by atoms with Crippen molar-refractivity contribution in [1.82, 2.24) is 0 Å². The number of aliphatic carboxylic acids is 2. The van der Waals surface area contributed by atoms with Crippen LogP contribution in [0.2, 0.25) is 0 Å². The first kappa shape index (κ1) is 16.5. The number of rotatable bonds is 1. The summed E-state index contributed by atoms with van der Waals surface area (Å²) in [4.78, 5) is 18.4. The van der Waals surface area contributed by atoms with Crippen LogP contribution >= 0.6 is 0 Å². The van der Waals surface area contributed by atoms with Gasteiger partial charge in [-0.05, 0) is 0 Å². The molecule has 0 fully saturated rings. The minimum atomic E-state index is -0.833. The summed E-state index contributed by atoms with van der Waals surface area (Å²) in [6.07, 6.45) is 0.222. The average molecular weight is 166 g/mol. The van der Waals surface area contributed by atoms with Gasteiger partial charge in [-0.1, -0.05) is 6.92 Å². The lowest BCUT2D eigenvalue weighted by molar-refractivity contribution is -0.137. The predicted octanol–water partition coefficient (Wildman–Crippen LogP) is 0.180. The van der Waals surface area contributed by atoms with E-state index in [1.165, 1.54) is 0 Å². The molecule has 3 N–H and O–H groups in total. The molecule has 11 heavy (non-hydrogen) atoms. The third-order valence-corrected chi connectivity index (χ3v) is 0.302. The standard InChI is InChI=1S/C3H6O2.C2H4O2.CH4O/c1-2-3(4)5;1-2(3)4;1-2/h2H2,1H3,(H,4,5);1H3,(H,3,4);2H,1H3. The van der Waals surface area contributed by atoms with Gasteiger partial charge >= 0.3 is 5.97 Å². The highest BCUT2D eigenvalue weighted by molar-refractivity contribution is 5.66. The summed E-state index contributed by atoms with van der Waals surface area (Å²) in [5, 5.41) is 22.1. The van der Waals surface area contributed by atoms with E-state index >= 15 is 0 Å². The molecule has 0 aliphatic rings. The highest BCUT2D eigenvalue weighted by Crippen LogP contribution is 1.67. The Hall–Kier alpha value is -1.10. The Bertz CT molecular complexity index is 95.1. The first-order chi connectivity index (χ1) is 5.00. The summed E-state index contributed by atoms with van der Waals surface area (Å²) in [7, 11) is 1.00. The van der Waals surface area contributed by atoms with Gasteiger partial charge in [0, 0.05) is 20.5 Å². The fourth-order valence-electron chi connectivity index (χ4n) is 0. The normalized spacial score (nSPS) is 6.18. The molecule has 0 aliphatic heterocycles. The van der Waals surface area contributed by atoms with E-state index in [1.54, 1.807) is 6.92 Å². The smallest absolute Gasteiger partial charge is 0.303 e. The third kappa shape index (κ3) is 523. The Morgan fingerprint density at radius 1 is 1.18 bits per heavy atom. The fraction of sp³-hybridized carbons (Fsp3) is 0.667. The summed E-state index contributed by atoms with van der Waals surface area (Å²) in [5.74, 6) is -1.58. The quantitative estimate of drug-likeness (QED) is 0.516. The monoisotopic (exact) mass is 166 g/mol. The van der Waals surface area contributed by atoms with Crippen molar-refractivity contribution in [3.63, 3.8) is 0 Å². The van der Waals surface area contributed by atoms with Crippen LogP contribution in [0.1, 0.15) is 20.3 Å². The first-order valence-corrected chi connectivity index (χ1v) is 2.86. The number of carboxylic acid groups (broad SMARTS) is 2. The highest BCUT2D eigenvalue weighted by Gasteiger charge is 1.80. The molecule has 0 saturated heterocycles. The maximum Gasteiger partial charge on any atom is 0.303 e. The van der Waals surface area contributed by atoms with Crippen molar-refractivity contribution in [3.8, 4) is 0 Å². The van der Waals surface area contributed by atoms with E-state index in [-0.39, 0.29) is 6.42 Å². The molecular weight excluding hydrogens is 152 g/mol. The number of aliphatic hydroxyl groups is 1. The van der Waals surface area contributed by atoms with E-state index in [2.05, 4.69) is 0 Å². The van der Waals surface area contributed by atoms with Crippen molar-refractivity contribution in [2.75, 3.05) is 7.11 Å². The third-order valence-electron chi connectivity index (χ3n) is 0.302. The Balaban J connectivity index is -0.0000000965. The molecule has 5 nitrogen and oxygen atoms in total. The molecule has 0 amide bonds. The van der Waals surface area contributed by atoms with Gasteiger partial charge in [-0.3, -0.25) is 9.59 Å². The highest BCUT2D eigenvalue weighted by atomic mass is 16.4. The van der Waals surface area contributed by atoms with Crippen molar-refractivity contribution in [3.05, 3.63) is 0 Å². The van der Waals surface area contributed by atoms with Gasteiger partial charge in [-0.2, -0.15) is 0 Å². The molecule has 0 unspecified atom stereocenters. The van der Waals surface area contributed by atoms with E-state index < -0.39 is 11.9 Å². The van der Waals surface area contributed by atoms with Crippen LogP contribution in [0.25, 0.3) is 0 Å². The summed E-state index contributed by atoms with van der Waals surface area (Å²) in [5.41, 5.74) is 0. The van der Waals surface area contributed by atoms with Gasteiger partial charge in [0.1, 0.15) is 0 Å². The number of carbonyl (C=O) groups is 2. The van der Waals surface area contributed by atoms with Gasteiger partial charge in [-0.25, -0.2) is 0 Å². The number of hydrogen-bond acceptors (Lipinski definition) is 3.